The van der Waals surface area contributed by atoms with Gasteiger partial charge in [-0.05, 0) is 55.0 Å². The molecule has 0 nitrogen and oxygen atoms in total. The van der Waals surface area contributed by atoms with Crippen LogP contribution in [-0.4, -0.2) is 0 Å². The molecular weight excluding hydrogens is 321 g/mol. The molecule has 1 aliphatic carbocycles. The van der Waals surface area contributed by atoms with Gasteiger partial charge in [-0.15, -0.1) is 22.9 Å². The van der Waals surface area contributed by atoms with Crippen LogP contribution in [0.25, 0.3) is 0 Å². The van der Waals surface area contributed by atoms with E-state index in [2.05, 4.69) is 6.07 Å². The molecule has 0 N–H and O–H groups in total. The average molecular weight is 333 g/mol. The molecule has 1 aliphatic rings. The smallest absolute Gasteiger partial charge is 0.160 e. The number of halogens is 4. The fourth-order valence-corrected chi connectivity index (χ4v) is 4.47. The van der Waals surface area contributed by atoms with Gasteiger partial charge in [-0.1, -0.05) is 11.6 Å². The van der Waals surface area contributed by atoms with Crippen LogP contribution in [0.5, 0.6) is 0 Å². The monoisotopic (exact) mass is 332 g/mol. The maximum absolute atomic E-state index is 13.4. The molecule has 0 saturated heterocycles. The summed E-state index contributed by atoms with van der Waals surface area (Å²) in [5, 5.41) is -0.372. The van der Waals surface area contributed by atoms with Crippen molar-refractivity contribution in [2.75, 3.05) is 0 Å². The summed E-state index contributed by atoms with van der Waals surface area (Å²) < 4.78 is 26.5. The Morgan fingerprint density at radius 2 is 1.75 bits per heavy atom. The van der Waals surface area contributed by atoms with Crippen molar-refractivity contribution in [3.63, 3.8) is 0 Å². The van der Waals surface area contributed by atoms with Crippen molar-refractivity contribution >= 4 is 34.5 Å². The topological polar surface area (TPSA) is 0 Å². The predicted molar refractivity (Wildman–Crippen MR) is 80.0 cm³/mol. The minimum atomic E-state index is -0.951. The number of benzene rings is 1. The van der Waals surface area contributed by atoms with E-state index in [0.717, 1.165) is 29.9 Å². The van der Waals surface area contributed by atoms with Gasteiger partial charge in [0.2, 0.25) is 0 Å². The van der Waals surface area contributed by atoms with Crippen LogP contribution in [0.3, 0.4) is 0 Å². The minimum Gasteiger partial charge on any atom is -0.204 e. The summed E-state index contributed by atoms with van der Waals surface area (Å²) in [5.41, 5.74) is 1.76. The van der Waals surface area contributed by atoms with Crippen molar-refractivity contribution in [3.8, 4) is 0 Å². The summed E-state index contributed by atoms with van der Waals surface area (Å²) in [6.45, 7) is 0. The molecule has 1 atom stereocenters. The first kappa shape index (κ1) is 14.3. The Kier molecular flexibility index (Phi) is 4.02. The van der Waals surface area contributed by atoms with E-state index in [4.69, 9.17) is 23.2 Å². The highest BCUT2D eigenvalue weighted by atomic mass is 35.5. The molecular formula is C15H12Cl2F2S. The van der Waals surface area contributed by atoms with E-state index in [9.17, 15) is 8.78 Å². The van der Waals surface area contributed by atoms with Crippen molar-refractivity contribution < 1.29 is 8.78 Å². The van der Waals surface area contributed by atoms with Crippen molar-refractivity contribution in [3.05, 3.63) is 55.7 Å². The lowest BCUT2D eigenvalue weighted by molar-refractivity contribution is 0.507. The molecule has 0 spiro atoms. The molecule has 1 aromatic heterocycles. The zero-order valence-corrected chi connectivity index (χ0v) is 12.9. The van der Waals surface area contributed by atoms with E-state index in [1.54, 1.807) is 11.3 Å². The summed E-state index contributed by atoms with van der Waals surface area (Å²) in [7, 11) is 0. The van der Waals surface area contributed by atoms with Crippen molar-refractivity contribution in [2.24, 2.45) is 0 Å². The molecule has 0 amide bonds. The molecule has 1 aromatic carbocycles. The first-order chi connectivity index (χ1) is 9.56. The van der Waals surface area contributed by atoms with Gasteiger partial charge in [0.05, 0.1) is 5.38 Å². The Morgan fingerprint density at radius 1 is 1.05 bits per heavy atom. The first-order valence-electron chi connectivity index (χ1n) is 6.46. The van der Waals surface area contributed by atoms with Crippen LogP contribution in [0.1, 0.15) is 39.1 Å². The highest BCUT2D eigenvalue weighted by molar-refractivity contribution is 7.12. The van der Waals surface area contributed by atoms with Gasteiger partial charge in [0.15, 0.2) is 11.6 Å². The molecule has 2 aromatic rings. The predicted octanol–water partition coefficient (Wildman–Crippen LogP) is 5.89. The van der Waals surface area contributed by atoms with Crippen LogP contribution in [0.15, 0.2) is 18.2 Å². The van der Waals surface area contributed by atoms with Crippen LogP contribution >= 0.6 is 34.5 Å². The number of hydrogen-bond acceptors (Lipinski definition) is 1. The molecule has 1 unspecified atom stereocenters. The Labute approximate surface area is 130 Å². The molecule has 20 heavy (non-hydrogen) atoms. The van der Waals surface area contributed by atoms with Gasteiger partial charge in [0.1, 0.15) is 0 Å². The maximum Gasteiger partial charge on any atom is 0.160 e. The van der Waals surface area contributed by atoms with Crippen LogP contribution in [0.2, 0.25) is 5.02 Å². The van der Waals surface area contributed by atoms with E-state index >= 15 is 0 Å². The van der Waals surface area contributed by atoms with Gasteiger partial charge in [0, 0.05) is 14.8 Å². The average Bonchev–Trinajstić information content (AvgIpc) is 2.86. The molecule has 1 heterocycles. The van der Waals surface area contributed by atoms with Crippen LogP contribution in [0.4, 0.5) is 8.78 Å². The van der Waals surface area contributed by atoms with Gasteiger partial charge in [0.25, 0.3) is 0 Å². The first-order valence-corrected chi connectivity index (χ1v) is 8.09. The molecule has 0 bridgehead atoms. The largest absolute Gasteiger partial charge is 0.204 e. The fraction of sp³-hybridized carbons (Fsp3) is 0.333. The molecule has 106 valence electrons. The van der Waals surface area contributed by atoms with Gasteiger partial charge in [-0.2, -0.15) is 0 Å². The zero-order valence-electron chi connectivity index (χ0n) is 10.6. The second-order valence-electron chi connectivity index (χ2n) is 4.95. The van der Waals surface area contributed by atoms with E-state index in [1.807, 2.05) is 0 Å². The molecule has 0 saturated carbocycles. The summed E-state index contributed by atoms with van der Waals surface area (Å²) >= 11 is 14.1. The number of alkyl halides is 1. The lowest BCUT2D eigenvalue weighted by atomic mass is 9.98. The van der Waals surface area contributed by atoms with Crippen LogP contribution in [-0.2, 0) is 12.8 Å². The molecule has 0 radical (unpaired) electrons. The third kappa shape index (κ3) is 2.59. The molecule has 0 fully saturated rings. The normalized spacial score (nSPS) is 16.0. The number of thiophene rings is 1. The lowest BCUT2D eigenvalue weighted by Crippen LogP contribution is -1.97. The number of fused-ring (bicyclic) bond motifs is 1. The Morgan fingerprint density at radius 3 is 2.50 bits per heavy atom. The van der Waals surface area contributed by atoms with Crippen LogP contribution in [0, 0.1) is 11.6 Å². The maximum atomic E-state index is 13.4. The quantitative estimate of drug-likeness (QED) is 0.475. The van der Waals surface area contributed by atoms with E-state index in [1.165, 1.54) is 23.3 Å². The second kappa shape index (κ2) is 5.63. The fourth-order valence-electron chi connectivity index (χ4n) is 2.52. The molecule has 0 aliphatic heterocycles. The van der Waals surface area contributed by atoms with Gasteiger partial charge < -0.3 is 0 Å². The summed E-state index contributed by atoms with van der Waals surface area (Å²) in [5.74, 6) is -1.87. The molecule has 3 rings (SSSR count). The Bertz CT molecular complexity index is 628. The zero-order chi connectivity index (χ0) is 14.3. The minimum absolute atomic E-state index is 0.162. The van der Waals surface area contributed by atoms with Gasteiger partial charge in [-0.3, -0.25) is 0 Å². The lowest BCUT2D eigenvalue weighted by Gasteiger charge is -2.10. The van der Waals surface area contributed by atoms with E-state index in [-0.39, 0.29) is 5.02 Å². The Hall–Kier alpha value is -0.640. The van der Waals surface area contributed by atoms with Crippen molar-refractivity contribution in [2.45, 2.75) is 31.1 Å². The van der Waals surface area contributed by atoms with Crippen molar-refractivity contribution in [1.82, 2.24) is 0 Å². The summed E-state index contributed by atoms with van der Waals surface area (Å²) in [6.07, 6.45) is 4.55. The van der Waals surface area contributed by atoms with Gasteiger partial charge >= 0.3 is 0 Å². The summed E-state index contributed by atoms with van der Waals surface area (Å²) in [4.78, 5) is 2.31. The SMILES string of the molecule is Fc1cc(Cl)c(C(Cl)c2cc3c(s2)CCCC3)cc1F. The number of hydrogen-bond donors (Lipinski definition) is 0. The van der Waals surface area contributed by atoms with Gasteiger partial charge in [-0.25, -0.2) is 8.78 Å². The van der Waals surface area contributed by atoms with E-state index in [0.29, 0.717) is 5.56 Å². The van der Waals surface area contributed by atoms with E-state index < -0.39 is 17.0 Å². The highest BCUT2D eigenvalue weighted by Crippen LogP contribution is 2.41. The van der Waals surface area contributed by atoms with Crippen molar-refractivity contribution in [1.29, 1.82) is 0 Å². The Balaban J connectivity index is 1.98. The summed E-state index contributed by atoms with van der Waals surface area (Å²) in [6, 6.07) is 4.15. The van der Waals surface area contributed by atoms with Crippen LogP contribution < -0.4 is 0 Å². The standard InChI is InChI=1S/C15H12Cl2F2S/c16-10-7-12(19)11(18)6-9(10)15(17)14-5-8-3-1-2-4-13(8)20-14/h5-7,15H,1-4H2. The number of rotatable bonds is 2. The third-order valence-corrected chi connectivity index (χ3v) is 5.81. The molecule has 5 heteroatoms. The third-order valence-electron chi connectivity index (χ3n) is 3.58. The second-order valence-corrected chi connectivity index (χ2v) is 6.97. The highest BCUT2D eigenvalue weighted by Gasteiger charge is 2.22. The number of aryl methyl sites for hydroxylation is 2.